The van der Waals surface area contributed by atoms with Crippen LogP contribution >= 0.6 is 15.9 Å². The quantitative estimate of drug-likeness (QED) is 0.856. The molecule has 0 aromatic heterocycles. The summed E-state index contributed by atoms with van der Waals surface area (Å²) in [6, 6.07) is 6.94. The first-order valence-corrected chi connectivity index (χ1v) is 5.44. The Balaban J connectivity index is 2.84. The topological polar surface area (TPSA) is 12.0 Å². The smallest absolute Gasteiger partial charge is 0.0292 e. The fraction of sp³-hybridized carbons (Fsp3) is 0.455. The molecule has 0 heterocycles. The van der Waals surface area contributed by atoms with E-state index in [-0.39, 0.29) is 0 Å². The van der Waals surface area contributed by atoms with Crippen molar-refractivity contribution in [1.29, 1.82) is 0 Å². The molecule has 72 valence electrons. The van der Waals surface area contributed by atoms with Gasteiger partial charge in [-0.15, -0.1) is 0 Å². The highest BCUT2D eigenvalue weighted by molar-refractivity contribution is 9.10. The summed E-state index contributed by atoms with van der Waals surface area (Å²) in [4.78, 5) is 0. The molecule has 0 spiro atoms. The molecule has 0 radical (unpaired) electrons. The van der Waals surface area contributed by atoms with E-state index in [2.05, 4.69) is 60.2 Å². The molecular formula is C11H16BrN. The molecule has 1 nitrogen and oxygen atoms in total. The van der Waals surface area contributed by atoms with E-state index in [9.17, 15) is 0 Å². The summed E-state index contributed by atoms with van der Waals surface area (Å²) >= 11 is 3.54. The monoisotopic (exact) mass is 241 g/mol. The van der Waals surface area contributed by atoms with Gasteiger partial charge < -0.3 is 5.32 Å². The molecule has 0 aliphatic carbocycles. The van der Waals surface area contributed by atoms with Crippen LogP contribution in [-0.4, -0.2) is 6.54 Å². The van der Waals surface area contributed by atoms with Crippen molar-refractivity contribution in [2.75, 3.05) is 6.54 Å². The second-order valence-electron chi connectivity index (χ2n) is 3.29. The molecule has 1 aromatic rings. The van der Waals surface area contributed by atoms with Gasteiger partial charge in [0.1, 0.15) is 0 Å². The van der Waals surface area contributed by atoms with Crippen molar-refractivity contribution in [2.24, 2.45) is 0 Å². The first-order valence-electron chi connectivity index (χ1n) is 4.64. The summed E-state index contributed by atoms with van der Waals surface area (Å²) in [6.45, 7) is 7.42. The van der Waals surface area contributed by atoms with Gasteiger partial charge in [-0.05, 0) is 37.6 Å². The minimum absolute atomic E-state index is 0.432. The molecule has 0 fully saturated rings. The first kappa shape index (κ1) is 10.7. The van der Waals surface area contributed by atoms with E-state index >= 15 is 0 Å². The predicted molar refractivity (Wildman–Crippen MR) is 61.0 cm³/mol. The number of aryl methyl sites for hydroxylation is 1. The van der Waals surface area contributed by atoms with E-state index in [4.69, 9.17) is 0 Å². The average molecular weight is 242 g/mol. The van der Waals surface area contributed by atoms with Crippen LogP contribution in [0.5, 0.6) is 0 Å². The molecule has 1 aromatic carbocycles. The van der Waals surface area contributed by atoms with Crippen LogP contribution in [0.4, 0.5) is 0 Å². The molecule has 2 heteroatoms. The molecule has 1 atom stereocenters. The summed E-state index contributed by atoms with van der Waals surface area (Å²) in [5.41, 5.74) is 2.62. The Hall–Kier alpha value is -0.340. The maximum atomic E-state index is 3.54. The van der Waals surface area contributed by atoms with Crippen LogP contribution in [0.25, 0.3) is 0 Å². The van der Waals surface area contributed by atoms with Gasteiger partial charge in [-0.25, -0.2) is 0 Å². The predicted octanol–water partition coefficient (Wildman–Crippen LogP) is 3.43. The second kappa shape index (κ2) is 4.77. The summed E-state index contributed by atoms with van der Waals surface area (Å²) in [5, 5.41) is 3.39. The maximum absolute atomic E-state index is 3.54. The molecule has 0 aliphatic rings. The lowest BCUT2D eigenvalue weighted by atomic mass is 10.1. The fourth-order valence-electron chi connectivity index (χ4n) is 1.30. The lowest BCUT2D eigenvalue weighted by Gasteiger charge is -2.13. The molecule has 0 saturated carbocycles. The van der Waals surface area contributed by atoms with E-state index in [0.29, 0.717) is 6.04 Å². The molecule has 13 heavy (non-hydrogen) atoms. The van der Waals surface area contributed by atoms with Gasteiger partial charge in [0.15, 0.2) is 0 Å². The molecular weight excluding hydrogens is 226 g/mol. The number of halogens is 1. The summed E-state index contributed by atoms with van der Waals surface area (Å²) in [5.74, 6) is 0. The number of hydrogen-bond acceptors (Lipinski definition) is 1. The lowest BCUT2D eigenvalue weighted by Crippen LogP contribution is -2.17. The zero-order valence-corrected chi connectivity index (χ0v) is 9.98. The third-order valence-corrected chi connectivity index (χ3v) is 3.06. The van der Waals surface area contributed by atoms with Crippen LogP contribution in [0.15, 0.2) is 22.7 Å². The average Bonchev–Trinajstić information content (AvgIpc) is 2.10. The van der Waals surface area contributed by atoms with Crippen molar-refractivity contribution < 1.29 is 0 Å². The standard InChI is InChI=1S/C11H16BrN/c1-4-13-9(3)10-6-5-8(2)11(12)7-10/h5-7,9,13H,4H2,1-3H3. The van der Waals surface area contributed by atoms with Crippen molar-refractivity contribution in [1.82, 2.24) is 5.32 Å². The zero-order chi connectivity index (χ0) is 9.84. The van der Waals surface area contributed by atoms with E-state index in [1.54, 1.807) is 0 Å². The van der Waals surface area contributed by atoms with Crippen molar-refractivity contribution in [3.63, 3.8) is 0 Å². The lowest BCUT2D eigenvalue weighted by molar-refractivity contribution is 0.598. The van der Waals surface area contributed by atoms with Crippen LogP contribution in [0.1, 0.15) is 31.0 Å². The minimum Gasteiger partial charge on any atom is -0.310 e. The van der Waals surface area contributed by atoms with E-state index in [1.165, 1.54) is 15.6 Å². The van der Waals surface area contributed by atoms with Crippen molar-refractivity contribution in [3.8, 4) is 0 Å². The Morgan fingerprint density at radius 3 is 2.69 bits per heavy atom. The van der Waals surface area contributed by atoms with Crippen LogP contribution in [0.2, 0.25) is 0 Å². The van der Waals surface area contributed by atoms with Crippen molar-refractivity contribution >= 4 is 15.9 Å². The highest BCUT2D eigenvalue weighted by atomic mass is 79.9. The molecule has 0 amide bonds. The van der Waals surface area contributed by atoms with Crippen LogP contribution in [0.3, 0.4) is 0 Å². The van der Waals surface area contributed by atoms with Gasteiger partial charge in [0, 0.05) is 10.5 Å². The first-order chi connectivity index (χ1) is 6.15. The fourth-order valence-corrected chi connectivity index (χ4v) is 1.70. The van der Waals surface area contributed by atoms with Gasteiger partial charge in [-0.3, -0.25) is 0 Å². The van der Waals surface area contributed by atoms with Crippen molar-refractivity contribution in [3.05, 3.63) is 33.8 Å². The van der Waals surface area contributed by atoms with Gasteiger partial charge in [-0.2, -0.15) is 0 Å². The Labute approximate surface area is 88.7 Å². The van der Waals surface area contributed by atoms with E-state index < -0.39 is 0 Å². The Bertz CT molecular complexity index is 283. The number of benzene rings is 1. The highest BCUT2D eigenvalue weighted by Crippen LogP contribution is 2.21. The SMILES string of the molecule is CCNC(C)c1ccc(C)c(Br)c1. The van der Waals surface area contributed by atoms with Gasteiger partial charge in [0.25, 0.3) is 0 Å². The largest absolute Gasteiger partial charge is 0.310 e. The van der Waals surface area contributed by atoms with Gasteiger partial charge in [0.05, 0.1) is 0 Å². The molecule has 1 rings (SSSR count). The number of nitrogens with one attached hydrogen (secondary N) is 1. The van der Waals surface area contributed by atoms with Gasteiger partial charge >= 0.3 is 0 Å². The van der Waals surface area contributed by atoms with E-state index in [1.807, 2.05) is 0 Å². The summed E-state index contributed by atoms with van der Waals surface area (Å²) in [6.07, 6.45) is 0. The zero-order valence-electron chi connectivity index (χ0n) is 8.39. The normalized spacial score (nSPS) is 12.9. The van der Waals surface area contributed by atoms with Crippen molar-refractivity contribution in [2.45, 2.75) is 26.8 Å². The van der Waals surface area contributed by atoms with E-state index in [0.717, 1.165) is 6.54 Å². The van der Waals surface area contributed by atoms with Gasteiger partial charge in [-0.1, -0.05) is 35.0 Å². The Kier molecular flexibility index (Phi) is 3.94. The minimum atomic E-state index is 0.432. The molecule has 0 bridgehead atoms. The Morgan fingerprint density at radius 2 is 2.15 bits per heavy atom. The third kappa shape index (κ3) is 2.82. The van der Waals surface area contributed by atoms with Crippen LogP contribution in [0, 0.1) is 6.92 Å². The molecule has 1 unspecified atom stereocenters. The third-order valence-electron chi connectivity index (χ3n) is 2.21. The van der Waals surface area contributed by atoms with Gasteiger partial charge in [0.2, 0.25) is 0 Å². The Morgan fingerprint density at radius 1 is 1.46 bits per heavy atom. The van der Waals surface area contributed by atoms with Crippen LogP contribution < -0.4 is 5.32 Å². The summed E-state index contributed by atoms with van der Waals surface area (Å²) < 4.78 is 1.19. The maximum Gasteiger partial charge on any atom is 0.0292 e. The number of hydrogen-bond donors (Lipinski definition) is 1. The molecule has 1 N–H and O–H groups in total. The molecule has 0 aliphatic heterocycles. The second-order valence-corrected chi connectivity index (χ2v) is 4.14. The molecule has 0 saturated heterocycles. The highest BCUT2D eigenvalue weighted by Gasteiger charge is 2.04. The number of rotatable bonds is 3. The van der Waals surface area contributed by atoms with Crippen LogP contribution in [-0.2, 0) is 0 Å². The summed E-state index contributed by atoms with van der Waals surface area (Å²) in [7, 11) is 0.